The van der Waals surface area contributed by atoms with Crippen molar-refractivity contribution in [2.45, 2.75) is 65.4 Å². The van der Waals surface area contributed by atoms with Gasteiger partial charge in [0.1, 0.15) is 6.10 Å². The average molecular weight is 246 g/mol. The molecule has 0 aromatic rings. The molecule has 0 amide bonds. The maximum atomic E-state index is 9.70. The van der Waals surface area contributed by atoms with Crippen LogP contribution in [-0.4, -0.2) is 11.2 Å². The van der Waals surface area contributed by atoms with Crippen LogP contribution in [0.25, 0.3) is 0 Å². The minimum Gasteiger partial charge on any atom is -0.380 e. The van der Waals surface area contributed by atoms with Crippen LogP contribution in [0.5, 0.6) is 0 Å². The summed E-state index contributed by atoms with van der Waals surface area (Å²) in [6.45, 7) is 6.13. The maximum Gasteiger partial charge on any atom is 0.115 e. The fourth-order valence-corrected chi connectivity index (χ4v) is 1.60. The third-order valence-corrected chi connectivity index (χ3v) is 2.68. The molecule has 1 heteroatoms. The van der Waals surface area contributed by atoms with E-state index in [0.717, 1.165) is 12.8 Å². The van der Waals surface area contributed by atoms with E-state index in [1.54, 1.807) is 0 Å². The van der Waals surface area contributed by atoms with Gasteiger partial charge in [-0.05, 0) is 38.2 Å². The van der Waals surface area contributed by atoms with Crippen molar-refractivity contribution in [1.29, 1.82) is 0 Å². The van der Waals surface area contributed by atoms with E-state index in [0.29, 0.717) is 12.3 Å². The molecule has 0 rings (SSSR count). The van der Waals surface area contributed by atoms with Gasteiger partial charge in [0.15, 0.2) is 0 Å². The van der Waals surface area contributed by atoms with Gasteiger partial charge >= 0.3 is 0 Å². The first-order valence-corrected chi connectivity index (χ1v) is 6.94. The summed E-state index contributed by atoms with van der Waals surface area (Å²) >= 11 is 0. The third kappa shape index (κ3) is 11.3. The lowest BCUT2D eigenvalue weighted by molar-refractivity contribution is 0.201. The Labute approximate surface area is 113 Å². The molecule has 0 spiro atoms. The second kappa shape index (κ2) is 12.3. The molecule has 100 valence electrons. The summed E-state index contributed by atoms with van der Waals surface area (Å²) in [6, 6.07) is 0. The lowest BCUT2D eigenvalue weighted by atomic mass is 10.0. The quantitative estimate of drug-likeness (QED) is 0.533. The Balaban J connectivity index is 3.78. The minimum atomic E-state index is -0.529. The van der Waals surface area contributed by atoms with Gasteiger partial charge in [0, 0.05) is 6.42 Å². The van der Waals surface area contributed by atoms with E-state index in [2.05, 4.69) is 43.6 Å². The molecule has 0 aliphatic carbocycles. The number of rotatable bonds is 7. The Morgan fingerprint density at radius 1 is 1.28 bits per heavy atom. The topological polar surface area (TPSA) is 20.2 Å². The van der Waals surface area contributed by atoms with Crippen molar-refractivity contribution < 1.29 is 5.11 Å². The SMILES string of the molecule is CC#CC[C@@H](C)C[C@H](O)C#C/C=C/CCCCC. The lowest BCUT2D eigenvalue weighted by Gasteiger charge is -2.08. The first-order valence-electron chi connectivity index (χ1n) is 6.94. The maximum absolute atomic E-state index is 9.70. The molecule has 0 unspecified atom stereocenters. The number of hydrogen-bond acceptors (Lipinski definition) is 1. The van der Waals surface area contributed by atoms with Gasteiger partial charge in [0.25, 0.3) is 0 Å². The van der Waals surface area contributed by atoms with Gasteiger partial charge in [0.2, 0.25) is 0 Å². The first-order chi connectivity index (χ1) is 8.70. The van der Waals surface area contributed by atoms with Crippen LogP contribution in [0.4, 0.5) is 0 Å². The van der Waals surface area contributed by atoms with Gasteiger partial charge in [-0.15, -0.1) is 11.8 Å². The van der Waals surface area contributed by atoms with Gasteiger partial charge in [-0.25, -0.2) is 0 Å². The van der Waals surface area contributed by atoms with Crippen LogP contribution >= 0.6 is 0 Å². The Kier molecular flexibility index (Phi) is 11.5. The summed E-state index contributed by atoms with van der Waals surface area (Å²) in [5.74, 6) is 12.1. The Morgan fingerprint density at radius 3 is 2.72 bits per heavy atom. The molecule has 0 aliphatic heterocycles. The van der Waals surface area contributed by atoms with E-state index in [4.69, 9.17) is 0 Å². The molecular formula is C17H26O. The highest BCUT2D eigenvalue weighted by Crippen LogP contribution is 2.09. The second-order valence-electron chi connectivity index (χ2n) is 4.67. The molecule has 0 bridgehead atoms. The monoisotopic (exact) mass is 246 g/mol. The van der Waals surface area contributed by atoms with Crippen molar-refractivity contribution in [3.63, 3.8) is 0 Å². The van der Waals surface area contributed by atoms with E-state index in [-0.39, 0.29) is 0 Å². The van der Waals surface area contributed by atoms with Crippen LogP contribution in [-0.2, 0) is 0 Å². The van der Waals surface area contributed by atoms with Gasteiger partial charge in [-0.3, -0.25) is 0 Å². The second-order valence-corrected chi connectivity index (χ2v) is 4.67. The summed E-state index contributed by atoms with van der Waals surface area (Å²) in [7, 11) is 0. The van der Waals surface area contributed by atoms with Crippen molar-refractivity contribution in [2.24, 2.45) is 5.92 Å². The number of unbranched alkanes of at least 4 members (excludes halogenated alkanes) is 3. The first kappa shape index (κ1) is 16.8. The van der Waals surface area contributed by atoms with Crippen LogP contribution in [0, 0.1) is 29.6 Å². The summed E-state index contributed by atoms with van der Waals surface area (Å²) < 4.78 is 0. The van der Waals surface area contributed by atoms with Crippen LogP contribution in [0.1, 0.15) is 59.3 Å². The van der Waals surface area contributed by atoms with Gasteiger partial charge < -0.3 is 5.11 Å². The number of aliphatic hydroxyl groups is 1. The number of aliphatic hydroxyl groups excluding tert-OH is 1. The van der Waals surface area contributed by atoms with Crippen LogP contribution in [0.3, 0.4) is 0 Å². The fraction of sp³-hybridized carbons (Fsp3) is 0.647. The van der Waals surface area contributed by atoms with Gasteiger partial charge in [-0.2, -0.15) is 0 Å². The fourth-order valence-electron chi connectivity index (χ4n) is 1.60. The predicted molar refractivity (Wildman–Crippen MR) is 78.9 cm³/mol. The lowest BCUT2D eigenvalue weighted by Crippen LogP contribution is -2.08. The van der Waals surface area contributed by atoms with E-state index >= 15 is 0 Å². The zero-order valence-electron chi connectivity index (χ0n) is 12.0. The van der Waals surface area contributed by atoms with Crippen molar-refractivity contribution in [3.05, 3.63) is 12.2 Å². The standard InChI is InChI=1S/C17H26O/c1-4-6-8-9-10-11-12-14-17(18)15-16(3)13-7-5-2/h10-11,16-18H,4,6,8-9,13,15H2,1-3H3/b11-10+/t16-,17-/m1/s1. The zero-order chi connectivity index (χ0) is 13.6. The predicted octanol–water partition coefficient (Wildman–Crippen LogP) is 3.93. The number of allylic oxidation sites excluding steroid dienone is 2. The van der Waals surface area contributed by atoms with E-state index in [9.17, 15) is 5.11 Å². The van der Waals surface area contributed by atoms with E-state index in [1.807, 2.05) is 13.0 Å². The molecule has 0 aliphatic rings. The highest BCUT2D eigenvalue weighted by Gasteiger charge is 2.05. The van der Waals surface area contributed by atoms with Gasteiger partial charge in [0.05, 0.1) is 0 Å². The molecule has 0 saturated carbocycles. The molecule has 0 fully saturated rings. The zero-order valence-corrected chi connectivity index (χ0v) is 12.0. The van der Waals surface area contributed by atoms with Gasteiger partial charge in [-0.1, -0.05) is 44.6 Å². The normalized spacial score (nSPS) is 13.3. The molecule has 1 N–H and O–H groups in total. The highest BCUT2D eigenvalue weighted by atomic mass is 16.3. The molecule has 0 heterocycles. The van der Waals surface area contributed by atoms with E-state index < -0.39 is 6.10 Å². The van der Waals surface area contributed by atoms with Crippen LogP contribution in [0.15, 0.2) is 12.2 Å². The Hall–Kier alpha value is -1.18. The molecule has 0 aromatic carbocycles. The smallest absolute Gasteiger partial charge is 0.115 e. The highest BCUT2D eigenvalue weighted by molar-refractivity contribution is 5.17. The molecule has 0 radical (unpaired) electrons. The molecular weight excluding hydrogens is 220 g/mol. The third-order valence-electron chi connectivity index (χ3n) is 2.68. The summed E-state index contributed by atoms with van der Waals surface area (Å²) in [5.41, 5.74) is 0. The largest absolute Gasteiger partial charge is 0.380 e. The Morgan fingerprint density at radius 2 is 2.06 bits per heavy atom. The van der Waals surface area contributed by atoms with Crippen molar-refractivity contribution in [3.8, 4) is 23.7 Å². The van der Waals surface area contributed by atoms with Crippen molar-refractivity contribution in [2.75, 3.05) is 0 Å². The molecule has 18 heavy (non-hydrogen) atoms. The summed E-state index contributed by atoms with van der Waals surface area (Å²) in [5, 5.41) is 9.70. The summed E-state index contributed by atoms with van der Waals surface area (Å²) in [4.78, 5) is 0. The van der Waals surface area contributed by atoms with Crippen molar-refractivity contribution >= 4 is 0 Å². The molecule has 0 saturated heterocycles. The molecule has 2 atom stereocenters. The minimum absolute atomic E-state index is 0.398. The van der Waals surface area contributed by atoms with Crippen LogP contribution in [0.2, 0.25) is 0 Å². The van der Waals surface area contributed by atoms with Crippen molar-refractivity contribution in [1.82, 2.24) is 0 Å². The van der Waals surface area contributed by atoms with E-state index in [1.165, 1.54) is 19.3 Å². The van der Waals surface area contributed by atoms with Crippen LogP contribution < -0.4 is 0 Å². The average Bonchev–Trinajstić information content (AvgIpc) is 2.35. The Bertz CT molecular complexity index is 332. The molecule has 1 nitrogen and oxygen atoms in total. The summed E-state index contributed by atoms with van der Waals surface area (Å²) in [6.07, 6.45) is 9.78. The number of hydrogen-bond donors (Lipinski definition) is 1. The molecule has 0 aromatic heterocycles.